The summed E-state index contributed by atoms with van der Waals surface area (Å²) in [5.41, 5.74) is 2.51. The van der Waals surface area contributed by atoms with Gasteiger partial charge in [0.1, 0.15) is 5.75 Å². The minimum absolute atomic E-state index is 0.701. The average molecular weight is 304 g/mol. The fourth-order valence-electron chi connectivity index (χ4n) is 3.23. The number of hydrogen-bond donors (Lipinski definition) is 1. The van der Waals surface area contributed by atoms with Gasteiger partial charge in [0.25, 0.3) is 0 Å². The molecule has 0 saturated heterocycles. The quantitative estimate of drug-likeness (QED) is 0.772. The summed E-state index contributed by atoms with van der Waals surface area (Å²) in [4.78, 5) is 2.29. The summed E-state index contributed by atoms with van der Waals surface area (Å²) in [6, 6.07) is 7.32. The zero-order chi connectivity index (χ0) is 15.8. The van der Waals surface area contributed by atoms with Crippen LogP contribution >= 0.6 is 0 Å². The predicted octanol–water partition coefficient (Wildman–Crippen LogP) is 4.35. The summed E-state index contributed by atoms with van der Waals surface area (Å²) in [6.07, 6.45) is 9.25. The highest BCUT2D eigenvalue weighted by Gasteiger charge is 2.13. The van der Waals surface area contributed by atoms with Crippen LogP contribution in [0.5, 0.6) is 5.75 Å². The molecule has 0 unspecified atom stereocenters. The number of unbranched alkanes of at least 4 members (excludes halogenated alkanes) is 1. The molecular weight excluding hydrogens is 272 g/mol. The molecule has 124 valence electrons. The molecule has 2 rings (SSSR count). The van der Waals surface area contributed by atoms with Crippen molar-refractivity contribution in [2.24, 2.45) is 0 Å². The van der Waals surface area contributed by atoms with Crippen LogP contribution in [0.25, 0.3) is 0 Å². The summed E-state index contributed by atoms with van der Waals surface area (Å²) in [5, 5.41) is 3.70. The zero-order valence-electron chi connectivity index (χ0n) is 14.5. The monoisotopic (exact) mass is 304 g/mol. The van der Waals surface area contributed by atoms with E-state index in [0.29, 0.717) is 6.04 Å². The Morgan fingerprint density at radius 1 is 1.23 bits per heavy atom. The van der Waals surface area contributed by atoms with E-state index < -0.39 is 0 Å². The fourth-order valence-corrected chi connectivity index (χ4v) is 3.23. The van der Waals surface area contributed by atoms with Crippen molar-refractivity contribution >= 4 is 5.69 Å². The second kappa shape index (κ2) is 9.04. The van der Waals surface area contributed by atoms with Crippen LogP contribution in [-0.4, -0.2) is 26.7 Å². The molecule has 1 N–H and O–H groups in total. The van der Waals surface area contributed by atoms with Crippen molar-refractivity contribution in [2.75, 3.05) is 25.6 Å². The molecule has 3 heteroatoms. The maximum absolute atomic E-state index is 5.61. The molecule has 0 spiro atoms. The van der Waals surface area contributed by atoms with Crippen molar-refractivity contribution in [3.63, 3.8) is 0 Å². The summed E-state index contributed by atoms with van der Waals surface area (Å²) >= 11 is 0. The van der Waals surface area contributed by atoms with Gasteiger partial charge in [-0.2, -0.15) is 0 Å². The van der Waals surface area contributed by atoms with Crippen molar-refractivity contribution < 1.29 is 4.74 Å². The van der Waals surface area contributed by atoms with Crippen molar-refractivity contribution in [1.29, 1.82) is 0 Å². The van der Waals surface area contributed by atoms with E-state index in [1.807, 2.05) is 0 Å². The molecule has 1 aliphatic carbocycles. The second-order valence-electron chi connectivity index (χ2n) is 6.50. The standard InChI is InChI=1S/C19H32N2O/c1-4-5-13-21(2)18-12-11-16(14-19(18)22-3)15-20-17-9-7-6-8-10-17/h11-12,14,17,20H,4-10,13,15H2,1-3H3. The van der Waals surface area contributed by atoms with Crippen LogP contribution in [0.15, 0.2) is 18.2 Å². The van der Waals surface area contributed by atoms with Crippen LogP contribution < -0.4 is 15.0 Å². The van der Waals surface area contributed by atoms with E-state index in [-0.39, 0.29) is 0 Å². The van der Waals surface area contributed by atoms with E-state index in [9.17, 15) is 0 Å². The SMILES string of the molecule is CCCCN(C)c1ccc(CNC2CCCCC2)cc1OC. The van der Waals surface area contributed by atoms with Crippen molar-refractivity contribution in [1.82, 2.24) is 5.32 Å². The van der Waals surface area contributed by atoms with Crippen molar-refractivity contribution in [3.05, 3.63) is 23.8 Å². The number of anilines is 1. The van der Waals surface area contributed by atoms with Crippen LogP contribution in [0.1, 0.15) is 57.4 Å². The average Bonchev–Trinajstić information content (AvgIpc) is 2.58. The second-order valence-corrected chi connectivity index (χ2v) is 6.50. The molecule has 1 aromatic carbocycles. The molecule has 0 radical (unpaired) electrons. The molecule has 0 atom stereocenters. The number of nitrogens with one attached hydrogen (secondary N) is 1. The Morgan fingerprint density at radius 3 is 2.68 bits per heavy atom. The maximum Gasteiger partial charge on any atom is 0.142 e. The fraction of sp³-hybridized carbons (Fsp3) is 0.684. The van der Waals surface area contributed by atoms with Gasteiger partial charge in [-0.3, -0.25) is 0 Å². The lowest BCUT2D eigenvalue weighted by atomic mass is 9.95. The lowest BCUT2D eigenvalue weighted by Gasteiger charge is -2.24. The molecule has 22 heavy (non-hydrogen) atoms. The molecular formula is C19H32N2O. The minimum Gasteiger partial charge on any atom is -0.495 e. The number of rotatable bonds is 8. The molecule has 1 aliphatic rings. The van der Waals surface area contributed by atoms with Crippen LogP contribution in [0.2, 0.25) is 0 Å². The first-order chi connectivity index (χ1) is 10.7. The molecule has 3 nitrogen and oxygen atoms in total. The number of benzene rings is 1. The number of nitrogens with zero attached hydrogens (tertiary/aromatic N) is 1. The van der Waals surface area contributed by atoms with E-state index in [1.54, 1.807) is 7.11 Å². The normalized spacial score (nSPS) is 15.8. The van der Waals surface area contributed by atoms with Gasteiger partial charge in [-0.15, -0.1) is 0 Å². The third-order valence-electron chi connectivity index (χ3n) is 4.70. The third-order valence-corrected chi connectivity index (χ3v) is 4.70. The van der Waals surface area contributed by atoms with Gasteiger partial charge in [0, 0.05) is 26.2 Å². The molecule has 1 aromatic rings. The summed E-state index contributed by atoms with van der Waals surface area (Å²) in [7, 11) is 3.91. The molecule has 0 bridgehead atoms. The van der Waals surface area contributed by atoms with E-state index in [0.717, 1.165) is 18.8 Å². The summed E-state index contributed by atoms with van der Waals surface area (Å²) in [6.45, 7) is 4.25. The van der Waals surface area contributed by atoms with Crippen LogP contribution in [0.4, 0.5) is 5.69 Å². The van der Waals surface area contributed by atoms with Crippen molar-refractivity contribution in [3.8, 4) is 5.75 Å². The first kappa shape index (κ1) is 17.1. The number of hydrogen-bond acceptors (Lipinski definition) is 3. The molecule has 1 saturated carbocycles. The molecule has 0 amide bonds. The van der Waals surface area contributed by atoms with E-state index >= 15 is 0 Å². The van der Waals surface area contributed by atoms with Gasteiger partial charge in [-0.1, -0.05) is 38.7 Å². The number of ether oxygens (including phenoxy) is 1. The summed E-state index contributed by atoms with van der Waals surface area (Å²) in [5.74, 6) is 0.988. The summed E-state index contributed by atoms with van der Waals surface area (Å²) < 4.78 is 5.61. The predicted molar refractivity (Wildman–Crippen MR) is 94.9 cm³/mol. The zero-order valence-corrected chi connectivity index (χ0v) is 14.5. The minimum atomic E-state index is 0.701. The molecule has 0 heterocycles. The highest BCUT2D eigenvalue weighted by Crippen LogP contribution is 2.29. The topological polar surface area (TPSA) is 24.5 Å². The number of methoxy groups -OCH3 is 1. The Bertz CT molecular complexity index is 441. The highest BCUT2D eigenvalue weighted by molar-refractivity contribution is 5.59. The Kier molecular flexibility index (Phi) is 7.04. The van der Waals surface area contributed by atoms with Gasteiger partial charge in [0.05, 0.1) is 12.8 Å². The molecule has 0 aliphatic heterocycles. The van der Waals surface area contributed by atoms with E-state index in [4.69, 9.17) is 4.74 Å². The van der Waals surface area contributed by atoms with Gasteiger partial charge in [-0.05, 0) is 37.0 Å². The van der Waals surface area contributed by atoms with Crippen LogP contribution in [0.3, 0.4) is 0 Å². The first-order valence-electron chi connectivity index (χ1n) is 8.86. The lowest BCUT2D eigenvalue weighted by Crippen LogP contribution is -2.30. The smallest absolute Gasteiger partial charge is 0.142 e. The maximum atomic E-state index is 5.61. The molecule has 1 fully saturated rings. The van der Waals surface area contributed by atoms with Gasteiger partial charge in [0.2, 0.25) is 0 Å². The van der Waals surface area contributed by atoms with Gasteiger partial charge < -0.3 is 15.0 Å². The van der Waals surface area contributed by atoms with Crippen LogP contribution in [-0.2, 0) is 6.54 Å². The Hall–Kier alpha value is -1.22. The lowest BCUT2D eigenvalue weighted by molar-refractivity contribution is 0.371. The largest absolute Gasteiger partial charge is 0.495 e. The van der Waals surface area contributed by atoms with E-state index in [1.165, 1.54) is 56.2 Å². The Morgan fingerprint density at radius 2 is 2.00 bits per heavy atom. The van der Waals surface area contributed by atoms with Crippen molar-refractivity contribution in [2.45, 2.75) is 64.5 Å². The molecule has 0 aromatic heterocycles. The van der Waals surface area contributed by atoms with Gasteiger partial charge >= 0.3 is 0 Å². The first-order valence-corrected chi connectivity index (χ1v) is 8.86. The van der Waals surface area contributed by atoms with Gasteiger partial charge in [-0.25, -0.2) is 0 Å². The van der Waals surface area contributed by atoms with Gasteiger partial charge in [0.15, 0.2) is 0 Å². The Labute approximate surface area is 136 Å². The Balaban J connectivity index is 1.95. The van der Waals surface area contributed by atoms with Crippen LogP contribution in [0, 0.1) is 0 Å². The highest BCUT2D eigenvalue weighted by atomic mass is 16.5. The van der Waals surface area contributed by atoms with E-state index in [2.05, 4.69) is 42.4 Å². The third kappa shape index (κ3) is 4.91.